The van der Waals surface area contributed by atoms with Gasteiger partial charge in [-0.3, -0.25) is 4.79 Å². The van der Waals surface area contributed by atoms with Crippen LogP contribution in [0.1, 0.15) is 39.0 Å². The number of benzene rings is 1. The third-order valence-corrected chi connectivity index (χ3v) is 3.79. The van der Waals surface area contributed by atoms with E-state index in [-0.39, 0.29) is 17.9 Å². The van der Waals surface area contributed by atoms with E-state index in [1.165, 1.54) is 0 Å². The molecule has 0 fully saturated rings. The molecule has 0 saturated carbocycles. The molecule has 3 atom stereocenters. The van der Waals surface area contributed by atoms with Crippen LogP contribution < -0.4 is 11.1 Å². The Morgan fingerprint density at radius 3 is 2.70 bits per heavy atom. The third kappa shape index (κ3) is 3.02. The van der Waals surface area contributed by atoms with Crippen LogP contribution in [0.4, 0.5) is 0 Å². The van der Waals surface area contributed by atoms with E-state index in [4.69, 9.17) is 10.2 Å². The molecule has 1 aromatic heterocycles. The molecule has 108 valence electrons. The maximum atomic E-state index is 12.1. The fraction of sp³-hybridized carbons (Fsp3) is 0.438. The van der Waals surface area contributed by atoms with Gasteiger partial charge in [0, 0.05) is 5.39 Å². The van der Waals surface area contributed by atoms with Gasteiger partial charge in [-0.2, -0.15) is 0 Å². The van der Waals surface area contributed by atoms with Crippen LogP contribution in [-0.4, -0.2) is 11.9 Å². The average molecular weight is 274 g/mol. The lowest BCUT2D eigenvalue weighted by Crippen LogP contribution is -2.45. The molecule has 0 aliphatic rings. The van der Waals surface area contributed by atoms with Gasteiger partial charge in [-0.15, -0.1) is 0 Å². The highest BCUT2D eigenvalue weighted by atomic mass is 16.3. The number of fused-ring (bicyclic) bond motifs is 1. The molecule has 1 amide bonds. The van der Waals surface area contributed by atoms with Crippen LogP contribution in [0, 0.1) is 5.92 Å². The number of rotatable bonds is 5. The lowest BCUT2D eigenvalue weighted by Gasteiger charge is -2.20. The summed E-state index contributed by atoms with van der Waals surface area (Å²) in [5.74, 6) is 0.779. The predicted molar refractivity (Wildman–Crippen MR) is 80.2 cm³/mol. The Kier molecular flexibility index (Phi) is 4.45. The summed E-state index contributed by atoms with van der Waals surface area (Å²) in [5, 5.41) is 3.95. The molecule has 2 rings (SSSR count). The molecule has 2 unspecified atom stereocenters. The SMILES string of the molecule is CCC(C)[C@H](N)C(=O)NC(C)c1cc2ccccc2o1. The Hall–Kier alpha value is -1.81. The predicted octanol–water partition coefficient (Wildman–Crippen LogP) is 2.98. The molecule has 3 N–H and O–H groups in total. The zero-order chi connectivity index (χ0) is 14.7. The maximum Gasteiger partial charge on any atom is 0.237 e. The van der Waals surface area contributed by atoms with Gasteiger partial charge in [0.2, 0.25) is 5.91 Å². The van der Waals surface area contributed by atoms with Gasteiger partial charge in [0.15, 0.2) is 0 Å². The minimum Gasteiger partial charge on any atom is -0.459 e. The van der Waals surface area contributed by atoms with E-state index in [1.807, 2.05) is 51.1 Å². The molecule has 4 nitrogen and oxygen atoms in total. The van der Waals surface area contributed by atoms with Crippen molar-refractivity contribution in [3.05, 3.63) is 36.1 Å². The van der Waals surface area contributed by atoms with Crippen LogP contribution in [0.15, 0.2) is 34.7 Å². The van der Waals surface area contributed by atoms with Gasteiger partial charge in [0.25, 0.3) is 0 Å². The third-order valence-electron chi connectivity index (χ3n) is 3.79. The number of hydrogen-bond donors (Lipinski definition) is 2. The highest BCUT2D eigenvalue weighted by Crippen LogP contribution is 2.23. The molecular weight excluding hydrogens is 252 g/mol. The van der Waals surface area contributed by atoms with E-state index in [1.54, 1.807) is 0 Å². The van der Waals surface area contributed by atoms with Crippen molar-refractivity contribution in [2.45, 2.75) is 39.3 Å². The summed E-state index contributed by atoms with van der Waals surface area (Å²) in [7, 11) is 0. The minimum absolute atomic E-state index is 0.132. The average Bonchev–Trinajstić information content (AvgIpc) is 2.89. The van der Waals surface area contributed by atoms with E-state index in [9.17, 15) is 4.79 Å². The quantitative estimate of drug-likeness (QED) is 0.880. The molecule has 0 aliphatic carbocycles. The first-order chi connectivity index (χ1) is 9.52. The Balaban J connectivity index is 2.07. The van der Waals surface area contributed by atoms with Crippen LogP contribution in [-0.2, 0) is 4.79 Å². The number of amides is 1. The normalized spacial score (nSPS) is 15.8. The van der Waals surface area contributed by atoms with Crippen LogP contribution >= 0.6 is 0 Å². The molecule has 20 heavy (non-hydrogen) atoms. The van der Waals surface area contributed by atoms with E-state index in [2.05, 4.69) is 5.32 Å². The van der Waals surface area contributed by atoms with E-state index in [0.717, 1.165) is 23.2 Å². The monoisotopic (exact) mass is 274 g/mol. The molecule has 0 aliphatic heterocycles. The zero-order valence-electron chi connectivity index (χ0n) is 12.2. The van der Waals surface area contributed by atoms with Crippen molar-refractivity contribution in [3.8, 4) is 0 Å². The van der Waals surface area contributed by atoms with Gasteiger partial charge in [-0.05, 0) is 25.0 Å². The van der Waals surface area contributed by atoms with Crippen molar-refractivity contribution >= 4 is 16.9 Å². The smallest absolute Gasteiger partial charge is 0.237 e. The van der Waals surface area contributed by atoms with Gasteiger partial charge in [-0.25, -0.2) is 0 Å². The highest BCUT2D eigenvalue weighted by molar-refractivity contribution is 5.82. The fourth-order valence-electron chi connectivity index (χ4n) is 2.11. The van der Waals surface area contributed by atoms with Gasteiger partial charge in [0.1, 0.15) is 11.3 Å². The van der Waals surface area contributed by atoms with Gasteiger partial charge < -0.3 is 15.5 Å². The van der Waals surface area contributed by atoms with Crippen molar-refractivity contribution < 1.29 is 9.21 Å². The van der Waals surface area contributed by atoms with E-state index < -0.39 is 6.04 Å². The molecular formula is C16H22N2O2. The van der Waals surface area contributed by atoms with Crippen LogP contribution in [0.3, 0.4) is 0 Å². The fourth-order valence-corrected chi connectivity index (χ4v) is 2.11. The molecule has 0 bridgehead atoms. The molecule has 1 heterocycles. The Morgan fingerprint density at radius 1 is 1.35 bits per heavy atom. The second-order valence-corrected chi connectivity index (χ2v) is 5.33. The number of carbonyl (C=O) groups is 1. The molecule has 0 spiro atoms. The topological polar surface area (TPSA) is 68.3 Å². The Morgan fingerprint density at radius 2 is 2.05 bits per heavy atom. The summed E-state index contributed by atoms with van der Waals surface area (Å²) in [6.45, 7) is 5.91. The van der Waals surface area contributed by atoms with E-state index in [0.29, 0.717) is 0 Å². The van der Waals surface area contributed by atoms with E-state index >= 15 is 0 Å². The number of nitrogens with one attached hydrogen (secondary N) is 1. The van der Waals surface area contributed by atoms with Crippen LogP contribution in [0.2, 0.25) is 0 Å². The standard InChI is InChI=1S/C16H22N2O2/c1-4-10(2)15(17)16(19)18-11(3)14-9-12-7-5-6-8-13(12)20-14/h5-11,15H,4,17H2,1-3H3,(H,18,19)/t10?,11?,15-/m0/s1. The summed E-state index contributed by atoms with van der Waals surface area (Å²) in [4.78, 5) is 12.1. The minimum atomic E-state index is -0.480. The second-order valence-electron chi connectivity index (χ2n) is 5.33. The van der Waals surface area contributed by atoms with Crippen LogP contribution in [0.25, 0.3) is 11.0 Å². The van der Waals surface area contributed by atoms with Crippen molar-refractivity contribution in [2.24, 2.45) is 11.7 Å². The number of hydrogen-bond acceptors (Lipinski definition) is 3. The number of para-hydroxylation sites is 1. The Labute approximate surface area is 119 Å². The van der Waals surface area contributed by atoms with Crippen molar-refractivity contribution in [3.63, 3.8) is 0 Å². The van der Waals surface area contributed by atoms with Crippen molar-refractivity contribution in [1.29, 1.82) is 0 Å². The lowest BCUT2D eigenvalue weighted by atomic mass is 9.99. The zero-order valence-corrected chi connectivity index (χ0v) is 12.2. The molecule has 4 heteroatoms. The summed E-state index contributed by atoms with van der Waals surface area (Å²) in [5.41, 5.74) is 6.76. The largest absolute Gasteiger partial charge is 0.459 e. The molecule has 2 aromatic rings. The molecule has 0 radical (unpaired) electrons. The number of furan rings is 1. The van der Waals surface area contributed by atoms with Gasteiger partial charge in [0.05, 0.1) is 12.1 Å². The first kappa shape index (κ1) is 14.6. The summed E-state index contributed by atoms with van der Waals surface area (Å²) < 4.78 is 5.74. The van der Waals surface area contributed by atoms with Gasteiger partial charge >= 0.3 is 0 Å². The summed E-state index contributed by atoms with van der Waals surface area (Å²) in [6.07, 6.45) is 0.883. The maximum absolute atomic E-state index is 12.1. The number of nitrogens with two attached hydrogens (primary N) is 1. The summed E-state index contributed by atoms with van der Waals surface area (Å²) in [6, 6.07) is 9.08. The highest BCUT2D eigenvalue weighted by Gasteiger charge is 2.22. The van der Waals surface area contributed by atoms with Crippen molar-refractivity contribution in [2.75, 3.05) is 0 Å². The van der Waals surface area contributed by atoms with Crippen molar-refractivity contribution in [1.82, 2.24) is 5.32 Å². The lowest BCUT2D eigenvalue weighted by molar-refractivity contribution is -0.124. The second kappa shape index (κ2) is 6.09. The Bertz CT molecular complexity index is 558. The number of carbonyl (C=O) groups excluding carboxylic acids is 1. The first-order valence-electron chi connectivity index (χ1n) is 7.07. The molecule has 1 aromatic carbocycles. The first-order valence-corrected chi connectivity index (χ1v) is 7.07. The summed E-state index contributed by atoms with van der Waals surface area (Å²) >= 11 is 0. The van der Waals surface area contributed by atoms with Gasteiger partial charge in [-0.1, -0.05) is 38.5 Å². The molecule has 0 saturated heterocycles. The van der Waals surface area contributed by atoms with Crippen LogP contribution in [0.5, 0.6) is 0 Å².